The van der Waals surface area contributed by atoms with Crippen molar-refractivity contribution in [1.29, 1.82) is 0 Å². The summed E-state index contributed by atoms with van der Waals surface area (Å²) in [4.78, 5) is 14.4. The topological polar surface area (TPSA) is 46.3 Å². The summed E-state index contributed by atoms with van der Waals surface area (Å²) < 4.78 is 13.8. The van der Waals surface area contributed by atoms with Gasteiger partial charge in [0, 0.05) is 29.9 Å². The second-order valence-corrected chi connectivity index (χ2v) is 6.05. The SMILES string of the molecule is CCCC1CCCN(C(=O)c2cc(N)c(C)c(F)c2)CC1. The van der Waals surface area contributed by atoms with Gasteiger partial charge in [0.25, 0.3) is 5.91 Å². The number of nitrogen functional groups attached to an aromatic ring is 1. The highest BCUT2D eigenvalue weighted by atomic mass is 19.1. The summed E-state index contributed by atoms with van der Waals surface area (Å²) in [5, 5.41) is 0. The molecule has 1 aromatic rings. The van der Waals surface area contributed by atoms with Crippen LogP contribution < -0.4 is 5.73 Å². The molecule has 2 rings (SSSR count). The number of nitrogens with two attached hydrogens (primary N) is 1. The molecule has 1 amide bonds. The zero-order valence-electron chi connectivity index (χ0n) is 13.0. The Morgan fingerprint density at radius 3 is 2.81 bits per heavy atom. The molecule has 1 saturated heterocycles. The smallest absolute Gasteiger partial charge is 0.254 e. The largest absolute Gasteiger partial charge is 0.398 e. The summed E-state index contributed by atoms with van der Waals surface area (Å²) >= 11 is 0. The van der Waals surface area contributed by atoms with Crippen LogP contribution in [0.4, 0.5) is 10.1 Å². The molecule has 116 valence electrons. The quantitative estimate of drug-likeness (QED) is 0.862. The molecule has 0 aliphatic carbocycles. The van der Waals surface area contributed by atoms with E-state index in [0.29, 0.717) is 22.7 Å². The second-order valence-electron chi connectivity index (χ2n) is 6.05. The molecule has 1 unspecified atom stereocenters. The fourth-order valence-corrected chi connectivity index (χ4v) is 3.07. The maximum absolute atomic E-state index is 13.8. The van der Waals surface area contributed by atoms with E-state index in [0.717, 1.165) is 25.9 Å². The molecule has 0 aromatic heterocycles. The zero-order valence-corrected chi connectivity index (χ0v) is 13.0. The van der Waals surface area contributed by atoms with Gasteiger partial charge in [-0.25, -0.2) is 4.39 Å². The number of likely N-dealkylation sites (tertiary alicyclic amines) is 1. The van der Waals surface area contributed by atoms with E-state index >= 15 is 0 Å². The Labute approximate surface area is 126 Å². The first-order chi connectivity index (χ1) is 10.0. The minimum absolute atomic E-state index is 0.0993. The van der Waals surface area contributed by atoms with Gasteiger partial charge in [0.2, 0.25) is 0 Å². The highest BCUT2D eigenvalue weighted by molar-refractivity contribution is 5.95. The number of benzene rings is 1. The molecule has 0 spiro atoms. The lowest BCUT2D eigenvalue weighted by Crippen LogP contribution is -2.32. The minimum atomic E-state index is -0.406. The van der Waals surface area contributed by atoms with Crippen molar-refractivity contribution in [2.75, 3.05) is 18.8 Å². The summed E-state index contributed by atoms with van der Waals surface area (Å²) in [6, 6.07) is 2.90. The first kappa shape index (κ1) is 15.8. The second kappa shape index (κ2) is 6.92. The molecule has 21 heavy (non-hydrogen) atoms. The van der Waals surface area contributed by atoms with Crippen LogP contribution in [0.15, 0.2) is 12.1 Å². The van der Waals surface area contributed by atoms with Crippen molar-refractivity contribution in [1.82, 2.24) is 4.90 Å². The van der Waals surface area contributed by atoms with Gasteiger partial charge in [0.15, 0.2) is 0 Å². The third-order valence-corrected chi connectivity index (χ3v) is 4.46. The number of hydrogen-bond donors (Lipinski definition) is 1. The molecule has 0 bridgehead atoms. The normalized spacial score (nSPS) is 19.4. The number of carbonyl (C=O) groups is 1. The van der Waals surface area contributed by atoms with Crippen LogP contribution in [0.5, 0.6) is 0 Å². The molecule has 4 heteroatoms. The van der Waals surface area contributed by atoms with E-state index in [1.54, 1.807) is 13.0 Å². The highest BCUT2D eigenvalue weighted by Crippen LogP contribution is 2.24. The lowest BCUT2D eigenvalue weighted by Gasteiger charge is -2.21. The van der Waals surface area contributed by atoms with E-state index in [2.05, 4.69) is 6.92 Å². The van der Waals surface area contributed by atoms with Gasteiger partial charge in [0.1, 0.15) is 5.82 Å². The summed E-state index contributed by atoms with van der Waals surface area (Å²) in [7, 11) is 0. The number of carbonyl (C=O) groups excluding carboxylic acids is 1. The molecule has 1 fully saturated rings. The Morgan fingerprint density at radius 1 is 1.38 bits per heavy atom. The summed E-state index contributed by atoms with van der Waals surface area (Å²) in [6.45, 7) is 5.35. The Morgan fingerprint density at radius 2 is 2.14 bits per heavy atom. The molecular weight excluding hydrogens is 267 g/mol. The Balaban J connectivity index is 2.09. The van der Waals surface area contributed by atoms with Gasteiger partial charge in [0.05, 0.1) is 0 Å². The molecule has 1 heterocycles. The summed E-state index contributed by atoms with van der Waals surface area (Å²) in [5.74, 6) is 0.211. The zero-order chi connectivity index (χ0) is 15.4. The van der Waals surface area contributed by atoms with Gasteiger partial charge in [-0.3, -0.25) is 4.79 Å². The fourth-order valence-electron chi connectivity index (χ4n) is 3.07. The van der Waals surface area contributed by atoms with E-state index in [-0.39, 0.29) is 5.91 Å². The molecule has 1 atom stereocenters. The van der Waals surface area contributed by atoms with Crippen molar-refractivity contribution in [3.05, 3.63) is 29.1 Å². The molecule has 2 N–H and O–H groups in total. The molecule has 1 aliphatic rings. The Bertz CT molecular complexity index is 493. The van der Waals surface area contributed by atoms with Crippen LogP contribution in [0, 0.1) is 18.7 Å². The number of amides is 1. The van der Waals surface area contributed by atoms with Gasteiger partial charge in [-0.05, 0) is 44.2 Å². The van der Waals surface area contributed by atoms with Gasteiger partial charge >= 0.3 is 0 Å². The third kappa shape index (κ3) is 3.74. The lowest BCUT2D eigenvalue weighted by molar-refractivity contribution is 0.0759. The van der Waals surface area contributed by atoms with Gasteiger partial charge in [-0.2, -0.15) is 0 Å². The van der Waals surface area contributed by atoms with Gasteiger partial charge in [-0.1, -0.05) is 19.8 Å². The minimum Gasteiger partial charge on any atom is -0.398 e. The van der Waals surface area contributed by atoms with Crippen LogP contribution in [-0.2, 0) is 0 Å². The maximum atomic E-state index is 13.8. The fraction of sp³-hybridized carbons (Fsp3) is 0.588. The van der Waals surface area contributed by atoms with Crippen LogP contribution in [0.2, 0.25) is 0 Å². The molecule has 0 saturated carbocycles. The highest BCUT2D eigenvalue weighted by Gasteiger charge is 2.22. The molecular formula is C17H25FN2O. The first-order valence-corrected chi connectivity index (χ1v) is 7.87. The molecule has 1 aliphatic heterocycles. The van der Waals surface area contributed by atoms with Crippen LogP contribution in [0.1, 0.15) is 54.9 Å². The summed E-state index contributed by atoms with van der Waals surface area (Å²) in [5.41, 5.74) is 6.89. The van der Waals surface area contributed by atoms with Crippen LogP contribution >= 0.6 is 0 Å². The number of nitrogens with zero attached hydrogens (tertiary/aromatic N) is 1. The van der Waals surface area contributed by atoms with E-state index in [9.17, 15) is 9.18 Å². The maximum Gasteiger partial charge on any atom is 0.254 e. The Kier molecular flexibility index (Phi) is 5.21. The number of halogens is 1. The van der Waals surface area contributed by atoms with Crippen molar-refractivity contribution in [2.24, 2.45) is 5.92 Å². The van der Waals surface area contributed by atoms with Crippen LogP contribution in [0.25, 0.3) is 0 Å². The number of anilines is 1. The average molecular weight is 292 g/mol. The number of rotatable bonds is 3. The van der Waals surface area contributed by atoms with Crippen molar-refractivity contribution in [3.63, 3.8) is 0 Å². The predicted octanol–water partition coefficient (Wildman–Crippen LogP) is 3.76. The van der Waals surface area contributed by atoms with Crippen molar-refractivity contribution < 1.29 is 9.18 Å². The van der Waals surface area contributed by atoms with Crippen LogP contribution in [-0.4, -0.2) is 23.9 Å². The standard InChI is InChI=1S/C17H25FN2O/c1-3-5-13-6-4-8-20(9-7-13)17(21)14-10-15(18)12(2)16(19)11-14/h10-11,13H,3-9,19H2,1-2H3. The van der Waals surface area contributed by atoms with Crippen molar-refractivity contribution >= 4 is 11.6 Å². The van der Waals surface area contributed by atoms with E-state index in [4.69, 9.17) is 5.73 Å². The van der Waals surface area contributed by atoms with E-state index in [1.807, 2.05) is 4.90 Å². The van der Waals surface area contributed by atoms with Crippen LogP contribution in [0.3, 0.4) is 0 Å². The molecule has 3 nitrogen and oxygen atoms in total. The van der Waals surface area contributed by atoms with Crippen molar-refractivity contribution in [3.8, 4) is 0 Å². The molecule has 0 radical (unpaired) electrons. The number of hydrogen-bond acceptors (Lipinski definition) is 2. The molecule has 1 aromatic carbocycles. The lowest BCUT2D eigenvalue weighted by atomic mass is 9.96. The Hall–Kier alpha value is -1.58. The van der Waals surface area contributed by atoms with Crippen molar-refractivity contribution in [2.45, 2.75) is 46.0 Å². The third-order valence-electron chi connectivity index (χ3n) is 4.46. The van der Waals surface area contributed by atoms with Gasteiger partial charge in [-0.15, -0.1) is 0 Å². The first-order valence-electron chi connectivity index (χ1n) is 7.87. The predicted molar refractivity (Wildman–Crippen MR) is 83.7 cm³/mol. The average Bonchev–Trinajstić information content (AvgIpc) is 2.69. The summed E-state index contributed by atoms with van der Waals surface area (Å²) in [6.07, 6.45) is 5.68. The van der Waals surface area contributed by atoms with E-state index in [1.165, 1.54) is 25.3 Å². The van der Waals surface area contributed by atoms with E-state index < -0.39 is 5.82 Å². The van der Waals surface area contributed by atoms with Gasteiger partial charge < -0.3 is 10.6 Å². The monoisotopic (exact) mass is 292 g/mol.